The summed E-state index contributed by atoms with van der Waals surface area (Å²) < 4.78 is -0.933. The Kier molecular flexibility index (Phi) is 2.06. The summed E-state index contributed by atoms with van der Waals surface area (Å²) in [6.45, 7) is 6.37. The lowest BCUT2D eigenvalue weighted by Gasteiger charge is -2.26. The van der Waals surface area contributed by atoms with Crippen LogP contribution in [-0.2, 0) is 0 Å². The Bertz CT molecular complexity index is 274. The van der Waals surface area contributed by atoms with Crippen LogP contribution in [0.5, 0.6) is 0 Å². The zero-order chi connectivity index (χ0) is 10.8. The summed E-state index contributed by atoms with van der Waals surface area (Å²) in [7, 11) is 0. The van der Waals surface area contributed by atoms with E-state index in [9.17, 15) is 5.11 Å². The van der Waals surface area contributed by atoms with Crippen molar-refractivity contribution in [2.24, 2.45) is 10.8 Å². The van der Waals surface area contributed by atoms with Crippen LogP contribution >= 0.6 is 23.2 Å². The number of rotatable bonds is 0. The summed E-state index contributed by atoms with van der Waals surface area (Å²) >= 11 is 12.4. The van der Waals surface area contributed by atoms with Gasteiger partial charge in [0, 0.05) is 5.41 Å². The van der Waals surface area contributed by atoms with E-state index >= 15 is 0 Å². The van der Waals surface area contributed by atoms with E-state index in [2.05, 4.69) is 13.8 Å². The molecule has 0 unspecified atom stereocenters. The summed E-state index contributed by atoms with van der Waals surface area (Å²) in [5.41, 5.74) is -1.02. The molecule has 0 amide bonds. The highest BCUT2D eigenvalue weighted by molar-refractivity contribution is 6.53. The van der Waals surface area contributed by atoms with Gasteiger partial charge in [-0.1, -0.05) is 50.4 Å². The van der Waals surface area contributed by atoms with Gasteiger partial charge in [0.15, 0.2) is 4.33 Å². The highest BCUT2D eigenvalue weighted by Crippen LogP contribution is 2.77. The molecule has 14 heavy (non-hydrogen) atoms. The first-order valence-electron chi connectivity index (χ1n) is 5.27. The van der Waals surface area contributed by atoms with Gasteiger partial charge >= 0.3 is 0 Å². The molecular formula is C11H18Cl2O. The third-order valence-electron chi connectivity index (χ3n) is 4.33. The van der Waals surface area contributed by atoms with Gasteiger partial charge < -0.3 is 5.11 Å². The third kappa shape index (κ3) is 1.07. The van der Waals surface area contributed by atoms with Gasteiger partial charge in [-0.2, -0.15) is 0 Å². The SMILES string of the molecule is CC1(C)CCC[C@]2(C)C(Cl)(Cl)[C@]2(O)C1. The Morgan fingerprint density at radius 1 is 1.07 bits per heavy atom. The normalized spacial score (nSPS) is 49.3. The molecule has 0 aliphatic heterocycles. The van der Waals surface area contributed by atoms with Crippen molar-refractivity contribution in [1.29, 1.82) is 0 Å². The van der Waals surface area contributed by atoms with Gasteiger partial charge in [0.05, 0.1) is 0 Å². The van der Waals surface area contributed by atoms with Crippen LogP contribution in [0.25, 0.3) is 0 Å². The summed E-state index contributed by atoms with van der Waals surface area (Å²) in [5.74, 6) is 0. The van der Waals surface area contributed by atoms with Gasteiger partial charge in [-0.25, -0.2) is 0 Å². The van der Waals surface area contributed by atoms with E-state index in [1.54, 1.807) is 0 Å². The fraction of sp³-hybridized carbons (Fsp3) is 1.00. The molecule has 0 heterocycles. The van der Waals surface area contributed by atoms with Crippen molar-refractivity contribution in [3.05, 3.63) is 0 Å². The smallest absolute Gasteiger partial charge is 0.155 e. The lowest BCUT2D eigenvalue weighted by molar-refractivity contribution is 0.0625. The van der Waals surface area contributed by atoms with Crippen LogP contribution in [0.4, 0.5) is 0 Å². The molecule has 0 radical (unpaired) electrons. The summed E-state index contributed by atoms with van der Waals surface area (Å²) in [6.07, 6.45) is 3.89. The number of hydrogen-bond donors (Lipinski definition) is 1. The Labute approximate surface area is 95.8 Å². The zero-order valence-corrected chi connectivity index (χ0v) is 10.5. The van der Waals surface area contributed by atoms with Crippen molar-refractivity contribution in [3.63, 3.8) is 0 Å². The molecule has 1 N–H and O–H groups in total. The van der Waals surface area contributed by atoms with Gasteiger partial charge in [-0.05, 0) is 24.7 Å². The van der Waals surface area contributed by atoms with Crippen LogP contribution in [0.15, 0.2) is 0 Å². The maximum absolute atomic E-state index is 10.5. The maximum Gasteiger partial charge on any atom is 0.155 e. The quantitative estimate of drug-likeness (QED) is 0.639. The van der Waals surface area contributed by atoms with E-state index in [0.717, 1.165) is 19.3 Å². The fourth-order valence-corrected chi connectivity index (χ4v) is 4.07. The minimum absolute atomic E-state index is 0.151. The Hall–Kier alpha value is 0.540. The molecular weight excluding hydrogens is 219 g/mol. The van der Waals surface area contributed by atoms with Crippen LogP contribution < -0.4 is 0 Å². The second-order valence-electron chi connectivity index (χ2n) is 5.96. The maximum atomic E-state index is 10.5. The lowest BCUT2D eigenvalue weighted by Crippen LogP contribution is -2.26. The van der Waals surface area contributed by atoms with Gasteiger partial charge in [-0.3, -0.25) is 0 Å². The Morgan fingerprint density at radius 2 is 1.64 bits per heavy atom. The average Bonchev–Trinajstić information content (AvgIpc) is 2.34. The first kappa shape index (κ1) is 11.0. The second kappa shape index (κ2) is 2.61. The number of halogens is 2. The van der Waals surface area contributed by atoms with Crippen molar-refractivity contribution in [1.82, 2.24) is 0 Å². The average molecular weight is 237 g/mol. The largest absolute Gasteiger partial charge is 0.386 e. The van der Waals surface area contributed by atoms with Gasteiger partial charge in [0.2, 0.25) is 0 Å². The highest BCUT2D eigenvalue weighted by atomic mass is 35.5. The Morgan fingerprint density at radius 3 is 2.21 bits per heavy atom. The molecule has 2 fully saturated rings. The van der Waals surface area contributed by atoms with Crippen LogP contribution in [0.2, 0.25) is 0 Å². The summed E-state index contributed by atoms with van der Waals surface area (Å²) in [6, 6.07) is 0. The van der Waals surface area contributed by atoms with Gasteiger partial charge in [-0.15, -0.1) is 0 Å². The number of fused-ring (bicyclic) bond motifs is 1. The van der Waals surface area contributed by atoms with Crippen LogP contribution in [-0.4, -0.2) is 15.0 Å². The standard InChI is InChI=1S/C11H18Cl2O/c1-8(2)5-4-6-9(3)10(14,7-8)11(9,12)13/h14H,4-7H2,1-3H3/t9-,10-/m0/s1. The molecule has 82 valence electrons. The van der Waals surface area contributed by atoms with E-state index in [0.29, 0.717) is 6.42 Å². The van der Waals surface area contributed by atoms with Gasteiger partial charge in [0.1, 0.15) is 5.60 Å². The fourth-order valence-electron chi connectivity index (χ4n) is 3.11. The van der Waals surface area contributed by atoms with E-state index in [1.165, 1.54) is 0 Å². The Balaban J connectivity index is 2.33. The molecule has 1 nitrogen and oxygen atoms in total. The molecule has 2 aliphatic carbocycles. The van der Waals surface area contributed by atoms with Crippen LogP contribution in [0.3, 0.4) is 0 Å². The summed E-state index contributed by atoms with van der Waals surface area (Å²) in [5, 5.41) is 10.5. The number of aliphatic hydroxyl groups is 1. The number of hydrogen-bond acceptors (Lipinski definition) is 1. The molecule has 2 aliphatic rings. The predicted molar refractivity (Wildman–Crippen MR) is 59.7 cm³/mol. The summed E-state index contributed by atoms with van der Waals surface area (Å²) in [4.78, 5) is 0. The lowest BCUT2D eigenvalue weighted by atomic mass is 9.82. The van der Waals surface area contributed by atoms with Crippen molar-refractivity contribution in [3.8, 4) is 0 Å². The molecule has 0 spiro atoms. The minimum atomic E-state index is -0.933. The number of alkyl halides is 2. The zero-order valence-electron chi connectivity index (χ0n) is 9.03. The first-order valence-corrected chi connectivity index (χ1v) is 6.02. The van der Waals surface area contributed by atoms with E-state index in [4.69, 9.17) is 23.2 Å². The monoisotopic (exact) mass is 236 g/mol. The first-order chi connectivity index (χ1) is 6.16. The van der Waals surface area contributed by atoms with Gasteiger partial charge in [0.25, 0.3) is 0 Å². The predicted octanol–water partition coefficient (Wildman–Crippen LogP) is 3.51. The molecule has 3 heteroatoms. The molecule has 2 saturated carbocycles. The molecule has 2 atom stereocenters. The second-order valence-corrected chi connectivity index (χ2v) is 7.29. The molecule has 0 saturated heterocycles. The van der Waals surface area contributed by atoms with E-state index in [-0.39, 0.29) is 10.8 Å². The molecule has 0 aromatic heterocycles. The van der Waals surface area contributed by atoms with Crippen LogP contribution in [0.1, 0.15) is 46.5 Å². The molecule has 0 aromatic carbocycles. The van der Waals surface area contributed by atoms with Crippen molar-refractivity contribution in [2.45, 2.75) is 56.4 Å². The topological polar surface area (TPSA) is 20.2 Å². The molecule has 0 bridgehead atoms. The van der Waals surface area contributed by atoms with Crippen molar-refractivity contribution >= 4 is 23.2 Å². The minimum Gasteiger partial charge on any atom is -0.386 e. The van der Waals surface area contributed by atoms with Crippen molar-refractivity contribution < 1.29 is 5.11 Å². The molecule has 2 rings (SSSR count). The van der Waals surface area contributed by atoms with Crippen LogP contribution in [0, 0.1) is 10.8 Å². The van der Waals surface area contributed by atoms with E-state index < -0.39 is 9.93 Å². The third-order valence-corrected chi connectivity index (χ3v) is 5.79. The molecule has 0 aromatic rings. The van der Waals surface area contributed by atoms with Crippen molar-refractivity contribution in [2.75, 3.05) is 0 Å². The van der Waals surface area contributed by atoms with E-state index in [1.807, 2.05) is 6.92 Å². The highest BCUT2D eigenvalue weighted by Gasteiger charge is 2.84.